The average Bonchev–Trinajstić information content (AvgIpc) is 3.03. The second-order valence-electron chi connectivity index (χ2n) is 7.45. The summed E-state index contributed by atoms with van der Waals surface area (Å²) >= 11 is 0. The maximum Gasteiger partial charge on any atom is 0.206 e. The van der Waals surface area contributed by atoms with Crippen LogP contribution in [0.15, 0.2) is 0 Å². The Kier molecular flexibility index (Phi) is 14.5. The van der Waals surface area contributed by atoms with Crippen molar-refractivity contribution in [3.63, 3.8) is 0 Å². The van der Waals surface area contributed by atoms with Crippen molar-refractivity contribution in [2.45, 2.75) is 109 Å². The molecular weight excluding hydrogens is 296 g/mol. The van der Waals surface area contributed by atoms with Gasteiger partial charge in [0, 0.05) is 6.42 Å². The topological polar surface area (TPSA) is 35.3 Å². The van der Waals surface area contributed by atoms with Gasteiger partial charge in [-0.3, -0.25) is 0 Å². The Morgan fingerprint density at radius 3 is 1.83 bits per heavy atom. The lowest BCUT2D eigenvalue weighted by Crippen LogP contribution is -2.34. The minimum atomic E-state index is 0.257. The fourth-order valence-corrected chi connectivity index (χ4v) is 3.71. The molecule has 0 aromatic rings. The number of β-amino-alcohol motifs (C(OH)–C–C–N with tert-alkyl or cyclic N) is 1. The summed E-state index contributed by atoms with van der Waals surface area (Å²) in [5, 5.41) is 12.5. The Bertz CT molecular complexity index is 304. The molecule has 0 saturated heterocycles. The molecule has 1 aliphatic rings. The number of hydrogen-bond donors (Lipinski definition) is 2. The maximum atomic E-state index is 9.05. The molecule has 0 aromatic heterocycles. The molecule has 0 radical (unpaired) electrons. The van der Waals surface area contributed by atoms with E-state index in [1.54, 1.807) is 0 Å². The summed E-state index contributed by atoms with van der Waals surface area (Å²) in [6.45, 7) is 4.28. The van der Waals surface area contributed by atoms with E-state index in [9.17, 15) is 0 Å². The van der Waals surface area contributed by atoms with Crippen LogP contribution in [0.3, 0.4) is 0 Å². The number of nitrogens with zero attached hydrogens (tertiary/aromatic N) is 1. The SMILES string of the molecule is CCCCCCCCCCCCCCCCC1NCC=[N+]1CCO. The van der Waals surface area contributed by atoms with Crippen molar-refractivity contribution in [3.8, 4) is 0 Å². The van der Waals surface area contributed by atoms with Gasteiger partial charge in [0.05, 0.1) is 6.54 Å². The van der Waals surface area contributed by atoms with Crippen LogP contribution in [0, 0.1) is 0 Å². The van der Waals surface area contributed by atoms with Gasteiger partial charge in [0.25, 0.3) is 0 Å². The van der Waals surface area contributed by atoms with Crippen LogP contribution >= 0.6 is 0 Å². The third-order valence-electron chi connectivity index (χ3n) is 5.27. The predicted octanol–water partition coefficient (Wildman–Crippen LogP) is 4.86. The van der Waals surface area contributed by atoms with Crippen molar-refractivity contribution >= 4 is 6.21 Å². The molecule has 2 N–H and O–H groups in total. The van der Waals surface area contributed by atoms with Crippen molar-refractivity contribution in [1.29, 1.82) is 0 Å². The fraction of sp³-hybridized carbons (Fsp3) is 0.952. The first-order valence-electron chi connectivity index (χ1n) is 10.8. The molecule has 3 nitrogen and oxygen atoms in total. The van der Waals surface area contributed by atoms with E-state index in [4.69, 9.17) is 5.11 Å². The summed E-state index contributed by atoms with van der Waals surface area (Å²) in [4.78, 5) is 0. The van der Waals surface area contributed by atoms with Gasteiger partial charge >= 0.3 is 0 Å². The molecule has 24 heavy (non-hydrogen) atoms. The van der Waals surface area contributed by atoms with Gasteiger partial charge in [0.2, 0.25) is 6.17 Å². The van der Waals surface area contributed by atoms with E-state index in [1.807, 2.05) is 0 Å². The molecule has 0 saturated carbocycles. The number of unbranched alkanes of at least 4 members (excludes halogenated alkanes) is 13. The molecule has 0 spiro atoms. The number of nitrogens with one attached hydrogen (secondary N) is 1. The molecule has 1 unspecified atom stereocenters. The van der Waals surface area contributed by atoms with Crippen molar-refractivity contribution < 1.29 is 9.68 Å². The van der Waals surface area contributed by atoms with Gasteiger partial charge in [0.15, 0.2) is 12.8 Å². The van der Waals surface area contributed by atoms with Gasteiger partial charge < -0.3 is 5.11 Å². The van der Waals surface area contributed by atoms with E-state index in [0.717, 1.165) is 13.1 Å². The number of aliphatic hydroxyl groups excluding tert-OH is 1. The van der Waals surface area contributed by atoms with E-state index >= 15 is 0 Å². The Hall–Kier alpha value is -0.410. The highest BCUT2D eigenvalue weighted by atomic mass is 16.3. The first-order valence-corrected chi connectivity index (χ1v) is 10.8. The van der Waals surface area contributed by atoms with Crippen LogP contribution in [0.25, 0.3) is 0 Å². The van der Waals surface area contributed by atoms with E-state index in [-0.39, 0.29) is 6.61 Å². The average molecular weight is 340 g/mol. The van der Waals surface area contributed by atoms with Gasteiger partial charge in [-0.15, -0.1) is 0 Å². The summed E-state index contributed by atoms with van der Waals surface area (Å²) in [6.07, 6.45) is 23.7. The highest BCUT2D eigenvalue weighted by molar-refractivity contribution is 5.55. The Labute approximate surface area is 150 Å². The van der Waals surface area contributed by atoms with E-state index in [1.165, 1.54) is 96.3 Å². The lowest BCUT2D eigenvalue weighted by Gasteiger charge is -2.10. The zero-order valence-electron chi connectivity index (χ0n) is 16.3. The van der Waals surface area contributed by atoms with Crippen LogP contribution in [0.1, 0.15) is 103 Å². The van der Waals surface area contributed by atoms with E-state index < -0.39 is 0 Å². The molecule has 1 aliphatic heterocycles. The van der Waals surface area contributed by atoms with Crippen LogP contribution in [-0.2, 0) is 0 Å². The number of rotatable bonds is 17. The summed E-state index contributed by atoms with van der Waals surface area (Å²) < 4.78 is 2.27. The fourth-order valence-electron chi connectivity index (χ4n) is 3.71. The smallest absolute Gasteiger partial charge is 0.206 e. The van der Waals surface area contributed by atoms with Gasteiger partial charge in [-0.05, 0) is 6.42 Å². The molecule has 1 heterocycles. The first kappa shape index (κ1) is 21.6. The van der Waals surface area contributed by atoms with Gasteiger partial charge in [0.1, 0.15) is 6.61 Å². The Balaban J connectivity index is 1.77. The summed E-state index contributed by atoms with van der Waals surface area (Å²) in [5.74, 6) is 0. The van der Waals surface area contributed by atoms with Gasteiger partial charge in [-0.2, -0.15) is 0 Å². The van der Waals surface area contributed by atoms with Crippen molar-refractivity contribution in [3.05, 3.63) is 0 Å². The molecule has 0 aromatic carbocycles. The highest BCUT2D eigenvalue weighted by Crippen LogP contribution is 2.14. The zero-order chi connectivity index (χ0) is 17.3. The summed E-state index contributed by atoms with van der Waals surface area (Å²) in [7, 11) is 0. The normalized spacial score (nSPS) is 17.4. The molecule has 142 valence electrons. The molecule has 1 rings (SSSR count). The second kappa shape index (κ2) is 16.1. The van der Waals surface area contributed by atoms with Crippen LogP contribution in [0.5, 0.6) is 0 Å². The largest absolute Gasteiger partial charge is 0.390 e. The third-order valence-corrected chi connectivity index (χ3v) is 5.27. The minimum Gasteiger partial charge on any atom is -0.390 e. The Morgan fingerprint density at radius 1 is 0.833 bits per heavy atom. The maximum absolute atomic E-state index is 9.05. The monoisotopic (exact) mass is 339 g/mol. The molecular formula is C21H43N2O+. The first-order chi connectivity index (χ1) is 11.9. The number of hydrogen-bond acceptors (Lipinski definition) is 2. The summed E-state index contributed by atoms with van der Waals surface area (Å²) in [5.41, 5.74) is 0. The minimum absolute atomic E-state index is 0.257. The molecule has 0 bridgehead atoms. The second-order valence-corrected chi connectivity index (χ2v) is 7.45. The van der Waals surface area contributed by atoms with E-state index in [0.29, 0.717) is 6.17 Å². The highest BCUT2D eigenvalue weighted by Gasteiger charge is 2.23. The van der Waals surface area contributed by atoms with Crippen molar-refractivity contribution in [2.24, 2.45) is 0 Å². The molecule has 1 atom stereocenters. The van der Waals surface area contributed by atoms with Crippen LogP contribution in [0.2, 0.25) is 0 Å². The van der Waals surface area contributed by atoms with Gasteiger partial charge in [-0.1, -0.05) is 90.4 Å². The Morgan fingerprint density at radius 2 is 1.33 bits per heavy atom. The third kappa shape index (κ3) is 11.2. The lowest BCUT2D eigenvalue weighted by atomic mass is 10.0. The molecule has 3 heteroatoms. The lowest BCUT2D eigenvalue weighted by molar-refractivity contribution is -0.561. The van der Waals surface area contributed by atoms with E-state index in [2.05, 4.69) is 23.0 Å². The van der Waals surface area contributed by atoms with Crippen LogP contribution in [-0.4, -0.2) is 41.8 Å². The summed E-state index contributed by atoms with van der Waals surface area (Å²) in [6, 6.07) is 0. The van der Waals surface area contributed by atoms with Crippen molar-refractivity contribution in [2.75, 3.05) is 19.7 Å². The zero-order valence-corrected chi connectivity index (χ0v) is 16.3. The quantitative estimate of drug-likeness (QED) is 0.293. The molecule has 0 aliphatic carbocycles. The number of aliphatic hydroxyl groups is 1. The predicted molar refractivity (Wildman–Crippen MR) is 105 cm³/mol. The molecule has 0 amide bonds. The van der Waals surface area contributed by atoms with Gasteiger partial charge in [-0.25, -0.2) is 9.89 Å². The van der Waals surface area contributed by atoms with Crippen LogP contribution < -0.4 is 5.32 Å². The molecule has 0 fully saturated rings. The van der Waals surface area contributed by atoms with Crippen molar-refractivity contribution in [1.82, 2.24) is 5.32 Å². The van der Waals surface area contributed by atoms with Crippen LogP contribution in [0.4, 0.5) is 0 Å². The standard InChI is InChI=1S/C21H43N2O/c1-2-3-4-5-6-7-8-9-10-11-12-13-14-15-16-21-22-17-18-23(21)19-20-24/h18,21-22,24H,2-17,19-20H2,1H3/q+1.